The molecule has 1 aromatic carbocycles. The van der Waals surface area contributed by atoms with Crippen molar-refractivity contribution in [3.63, 3.8) is 0 Å². The molecule has 4 rings (SSSR count). The highest BCUT2D eigenvalue weighted by Gasteiger charge is 2.26. The molecular weight excluding hydrogens is 362 g/mol. The number of fused-ring (bicyclic) bond motifs is 2. The molecule has 142 valence electrons. The molecule has 9 heteroatoms. The highest BCUT2D eigenvalue weighted by atomic mass is 16.6. The van der Waals surface area contributed by atoms with Gasteiger partial charge in [-0.05, 0) is 36.6 Å². The van der Waals surface area contributed by atoms with E-state index in [0.29, 0.717) is 6.54 Å². The predicted octanol–water partition coefficient (Wildman–Crippen LogP) is 1.99. The van der Waals surface area contributed by atoms with Gasteiger partial charge in [0, 0.05) is 18.4 Å². The summed E-state index contributed by atoms with van der Waals surface area (Å²) in [5.74, 6) is -0.448. The summed E-state index contributed by atoms with van der Waals surface area (Å²) in [6, 6.07) is 12.5. The largest absolute Gasteiger partial charge is 0.376 e. The second kappa shape index (κ2) is 7.10. The highest BCUT2D eigenvalue weighted by molar-refractivity contribution is 5.97. The number of rotatable bonds is 4. The molecule has 0 bridgehead atoms. The fourth-order valence-electron chi connectivity index (χ4n) is 3.42. The van der Waals surface area contributed by atoms with E-state index in [2.05, 4.69) is 10.3 Å². The molecule has 0 aliphatic carbocycles. The smallest absolute Gasteiger partial charge is 0.355 e. The lowest BCUT2D eigenvalue weighted by molar-refractivity contribution is -0.385. The number of nitrogens with one attached hydrogen (secondary N) is 1. The van der Waals surface area contributed by atoms with Gasteiger partial charge in [0.15, 0.2) is 0 Å². The van der Waals surface area contributed by atoms with E-state index in [4.69, 9.17) is 0 Å². The van der Waals surface area contributed by atoms with E-state index in [9.17, 15) is 19.7 Å². The van der Waals surface area contributed by atoms with E-state index in [0.717, 1.165) is 28.5 Å². The normalized spacial score (nSPS) is 13.2. The van der Waals surface area contributed by atoms with Crippen molar-refractivity contribution < 1.29 is 9.72 Å². The maximum absolute atomic E-state index is 12.7. The quantitative estimate of drug-likeness (QED) is 0.548. The summed E-state index contributed by atoms with van der Waals surface area (Å²) in [5.41, 5.74) is 0.720. The zero-order valence-corrected chi connectivity index (χ0v) is 14.9. The van der Waals surface area contributed by atoms with Gasteiger partial charge in [-0.25, -0.2) is 4.98 Å². The molecule has 1 aliphatic heterocycles. The SMILES string of the molecule is O=C(CNc1nc2ccccn2c(=O)c1[N+](=O)[O-])N1CCCc2ccccc21. The molecule has 0 atom stereocenters. The second-order valence-electron chi connectivity index (χ2n) is 6.43. The minimum Gasteiger partial charge on any atom is -0.355 e. The molecule has 9 nitrogen and oxygen atoms in total. The zero-order chi connectivity index (χ0) is 19.7. The summed E-state index contributed by atoms with van der Waals surface area (Å²) in [5, 5.41) is 14.1. The number of aromatic nitrogens is 2. The Morgan fingerprint density at radius 1 is 1.21 bits per heavy atom. The summed E-state index contributed by atoms with van der Waals surface area (Å²) in [7, 11) is 0. The van der Waals surface area contributed by atoms with Crippen LogP contribution in [0.1, 0.15) is 12.0 Å². The summed E-state index contributed by atoms with van der Waals surface area (Å²) in [4.78, 5) is 41.6. The van der Waals surface area contributed by atoms with Crippen molar-refractivity contribution in [2.75, 3.05) is 23.3 Å². The van der Waals surface area contributed by atoms with Gasteiger partial charge in [-0.1, -0.05) is 24.3 Å². The van der Waals surface area contributed by atoms with Gasteiger partial charge in [0.05, 0.1) is 11.5 Å². The fraction of sp³-hybridized carbons (Fsp3) is 0.211. The average Bonchev–Trinajstić information content (AvgIpc) is 2.71. The van der Waals surface area contributed by atoms with Crippen molar-refractivity contribution in [3.8, 4) is 0 Å². The Hall–Kier alpha value is -3.75. The summed E-state index contributed by atoms with van der Waals surface area (Å²) in [6.07, 6.45) is 3.16. The van der Waals surface area contributed by atoms with E-state index in [1.165, 1.54) is 6.20 Å². The fourth-order valence-corrected chi connectivity index (χ4v) is 3.42. The minimum atomic E-state index is -0.797. The zero-order valence-electron chi connectivity index (χ0n) is 14.9. The van der Waals surface area contributed by atoms with Crippen LogP contribution in [0.3, 0.4) is 0 Å². The number of aryl methyl sites for hydroxylation is 1. The van der Waals surface area contributed by atoms with Gasteiger partial charge in [0.2, 0.25) is 11.7 Å². The molecule has 1 aliphatic rings. The molecule has 3 aromatic rings. The number of hydrogen-bond donors (Lipinski definition) is 1. The van der Waals surface area contributed by atoms with Crippen LogP contribution in [0, 0.1) is 10.1 Å². The second-order valence-corrected chi connectivity index (χ2v) is 6.43. The molecule has 0 unspecified atom stereocenters. The first-order chi connectivity index (χ1) is 13.6. The number of para-hydroxylation sites is 1. The van der Waals surface area contributed by atoms with Gasteiger partial charge in [0.25, 0.3) is 0 Å². The van der Waals surface area contributed by atoms with E-state index in [-0.39, 0.29) is 23.9 Å². The Morgan fingerprint density at radius 2 is 2.00 bits per heavy atom. The van der Waals surface area contributed by atoms with Gasteiger partial charge in [-0.15, -0.1) is 0 Å². The number of benzene rings is 1. The van der Waals surface area contributed by atoms with E-state index >= 15 is 0 Å². The first-order valence-corrected chi connectivity index (χ1v) is 8.84. The van der Waals surface area contributed by atoms with E-state index < -0.39 is 16.2 Å². The predicted molar refractivity (Wildman–Crippen MR) is 104 cm³/mol. The van der Waals surface area contributed by atoms with Crippen LogP contribution >= 0.6 is 0 Å². The van der Waals surface area contributed by atoms with Crippen LogP contribution in [0.5, 0.6) is 0 Å². The molecule has 28 heavy (non-hydrogen) atoms. The Morgan fingerprint density at radius 3 is 2.82 bits per heavy atom. The van der Waals surface area contributed by atoms with Crippen LogP contribution < -0.4 is 15.8 Å². The summed E-state index contributed by atoms with van der Waals surface area (Å²) in [6.45, 7) is 0.373. The number of nitrogens with zero attached hydrogens (tertiary/aromatic N) is 4. The first-order valence-electron chi connectivity index (χ1n) is 8.84. The van der Waals surface area contributed by atoms with Gasteiger partial charge >= 0.3 is 11.2 Å². The Balaban J connectivity index is 1.63. The lowest BCUT2D eigenvalue weighted by atomic mass is 10.0. The third-order valence-electron chi connectivity index (χ3n) is 4.71. The van der Waals surface area contributed by atoms with E-state index in [1.54, 1.807) is 23.1 Å². The maximum Gasteiger partial charge on any atom is 0.376 e. The third kappa shape index (κ3) is 3.07. The third-order valence-corrected chi connectivity index (χ3v) is 4.71. The van der Waals surface area contributed by atoms with Gasteiger partial charge < -0.3 is 10.2 Å². The molecule has 3 heterocycles. The van der Waals surface area contributed by atoms with Crippen LogP contribution in [-0.2, 0) is 11.2 Å². The number of amides is 1. The monoisotopic (exact) mass is 379 g/mol. The molecule has 0 radical (unpaired) electrons. The maximum atomic E-state index is 12.7. The number of anilines is 2. The van der Waals surface area contributed by atoms with Crippen LogP contribution in [-0.4, -0.2) is 33.3 Å². The molecule has 1 N–H and O–H groups in total. The molecule has 0 saturated heterocycles. The number of nitro groups is 1. The summed E-state index contributed by atoms with van der Waals surface area (Å²) < 4.78 is 1.10. The molecule has 1 amide bonds. The van der Waals surface area contributed by atoms with Crippen LogP contribution in [0.2, 0.25) is 0 Å². The average molecular weight is 379 g/mol. The van der Waals surface area contributed by atoms with E-state index in [1.807, 2.05) is 24.3 Å². The van der Waals surface area contributed by atoms with Crippen LogP contribution in [0.4, 0.5) is 17.2 Å². The molecular formula is C19H17N5O4. The van der Waals surface area contributed by atoms with Gasteiger partial charge in [-0.2, -0.15) is 0 Å². The lowest BCUT2D eigenvalue weighted by Crippen LogP contribution is -2.39. The number of hydrogen-bond acceptors (Lipinski definition) is 6. The number of carbonyl (C=O) groups excluding carboxylic acids is 1. The highest BCUT2D eigenvalue weighted by Crippen LogP contribution is 2.27. The Labute approximate surface area is 159 Å². The number of pyridine rings is 1. The molecule has 0 saturated carbocycles. The standard InChI is InChI=1S/C19H17N5O4/c25-16(22-11-5-7-13-6-1-2-8-14(13)22)12-20-18-17(24(27)28)19(26)23-10-4-3-9-15(23)21-18/h1-4,6,8-10,20H,5,7,11-12H2. The van der Waals surface area contributed by atoms with Crippen molar-refractivity contribution in [1.29, 1.82) is 0 Å². The topological polar surface area (TPSA) is 110 Å². The minimum absolute atomic E-state index is 0.204. The van der Waals surface area contributed by atoms with Crippen molar-refractivity contribution in [2.45, 2.75) is 12.8 Å². The first kappa shape index (κ1) is 17.7. The summed E-state index contributed by atoms with van der Waals surface area (Å²) >= 11 is 0. The molecule has 2 aromatic heterocycles. The lowest BCUT2D eigenvalue weighted by Gasteiger charge is -2.29. The Kier molecular flexibility index (Phi) is 4.48. The number of carbonyl (C=O) groups is 1. The van der Waals surface area contributed by atoms with Crippen molar-refractivity contribution in [2.24, 2.45) is 0 Å². The molecule has 0 spiro atoms. The van der Waals surface area contributed by atoms with Crippen molar-refractivity contribution in [3.05, 3.63) is 74.7 Å². The van der Waals surface area contributed by atoms with Crippen molar-refractivity contribution >= 4 is 28.7 Å². The van der Waals surface area contributed by atoms with Crippen LogP contribution in [0.15, 0.2) is 53.5 Å². The van der Waals surface area contributed by atoms with Gasteiger partial charge in [0.1, 0.15) is 5.65 Å². The van der Waals surface area contributed by atoms with Crippen molar-refractivity contribution in [1.82, 2.24) is 9.38 Å². The molecule has 0 fully saturated rings. The van der Waals surface area contributed by atoms with Crippen LogP contribution in [0.25, 0.3) is 5.65 Å². The van der Waals surface area contributed by atoms with Gasteiger partial charge in [-0.3, -0.25) is 24.1 Å². The Bertz CT molecular complexity index is 1140.